The van der Waals surface area contributed by atoms with Gasteiger partial charge in [0, 0.05) is 32.1 Å². The fraction of sp³-hybridized carbons (Fsp3) is 0.545. The molecule has 2 heterocycles. The summed E-state index contributed by atoms with van der Waals surface area (Å²) in [7, 11) is 0. The van der Waals surface area contributed by atoms with Gasteiger partial charge in [0.2, 0.25) is 5.82 Å². The van der Waals surface area contributed by atoms with Gasteiger partial charge in [-0.05, 0) is 52.2 Å². The van der Waals surface area contributed by atoms with Crippen molar-refractivity contribution in [3.05, 3.63) is 42.0 Å². The predicted octanol–water partition coefficient (Wildman–Crippen LogP) is 3.23. The van der Waals surface area contributed by atoms with Crippen LogP contribution in [0.2, 0.25) is 0 Å². The van der Waals surface area contributed by atoms with Crippen molar-refractivity contribution < 1.29 is 14.3 Å². The lowest BCUT2D eigenvalue weighted by molar-refractivity contribution is 0.0255. The van der Waals surface area contributed by atoms with Crippen LogP contribution in [0.4, 0.5) is 4.79 Å². The van der Waals surface area contributed by atoms with Gasteiger partial charge in [0.05, 0.1) is 5.69 Å². The molecule has 2 aromatic rings. The smallest absolute Gasteiger partial charge is 0.410 e. The molecule has 1 aromatic carbocycles. The van der Waals surface area contributed by atoms with Crippen molar-refractivity contribution in [3.8, 4) is 5.69 Å². The SMILES string of the molecule is CC(C)(C)OC(=O)N1CCCN(C(=O)c2nc(C3CC3)n(-c3ccccc3)n2)CC1. The van der Waals surface area contributed by atoms with E-state index in [4.69, 9.17) is 4.74 Å². The van der Waals surface area contributed by atoms with E-state index < -0.39 is 5.60 Å². The minimum absolute atomic E-state index is 0.183. The Morgan fingerprint density at radius 1 is 1.00 bits per heavy atom. The molecule has 1 aliphatic heterocycles. The first-order chi connectivity index (χ1) is 14.3. The van der Waals surface area contributed by atoms with Crippen LogP contribution in [0.25, 0.3) is 5.69 Å². The van der Waals surface area contributed by atoms with Gasteiger partial charge in [-0.3, -0.25) is 4.79 Å². The molecule has 8 nitrogen and oxygen atoms in total. The Labute approximate surface area is 176 Å². The minimum atomic E-state index is -0.535. The van der Waals surface area contributed by atoms with Gasteiger partial charge in [-0.15, -0.1) is 5.10 Å². The van der Waals surface area contributed by atoms with E-state index >= 15 is 0 Å². The first-order valence-electron chi connectivity index (χ1n) is 10.6. The van der Waals surface area contributed by atoms with E-state index in [0.717, 1.165) is 24.4 Å². The van der Waals surface area contributed by atoms with Crippen LogP contribution in [-0.2, 0) is 4.74 Å². The molecular weight excluding hydrogens is 382 g/mol. The molecule has 1 aromatic heterocycles. The quantitative estimate of drug-likeness (QED) is 0.775. The van der Waals surface area contributed by atoms with E-state index in [-0.39, 0.29) is 17.8 Å². The zero-order valence-electron chi connectivity index (χ0n) is 17.9. The normalized spacial score (nSPS) is 17.6. The Hall–Kier alpha value is -2.90. The average Bonchev–Trinajstić information content (AvgIpc) is 3.49. The van der Waals surface area contributed by atoms with Crippen LogP contribution >= 0.6 is 0 Å². The fourth-order valence-corrected chi connectivity index (χ4v) is 3.55. The molecule has 4 rings (SSSR count). The maximum atomic E-state index is 13.2. The minimum Gasteiger partial charge on any atom is -0.444 e. The molecule has 0 atom stereocenters. The third kappa shape index (κ3) is 4.63. The fourth-order valence-electron chi connectivity index (χ4n) is 3.55. The van der Waals surface area contributed by atoms with Crippen LogP contribution in [0.5, 0.6) is 0 Å². The Morgan fingerprint density at radius 3 is 2.33 bits per heavy atom. The van der Waals surface area contributed by atoms with E-state index in [1.807, 2.05) is 51.1 Å². The number of hydrogen-bond acceptors (Lipinski definition) is 5. The zero-order valence-corrected chi connectivity index (χ0v) is 17.9. The van der Waals surface area contributed by atoms with Crippen LogP contribution in [-0.4, -0.2) is 68.3 Å². The molecule has 160 valence electrons. The Balaban J connectivity index is 1.48. The van der Waals surface area contributed by atoms with Gasteiger partial charge in [0.25, 0.3) is 5.91 Å². The van der Waals surface area contributed by atoms with E-state index in [2.05, 4.69) is 10.1 Å². The second kappa shape index (κ2) is 8.08. The maximum Gasteiger partial charge on any atom is 0.410 e. The maximum absolute atomic E-state index is 13.2. The first kappa shape index (κ1) is 20.4. The molecule has 8 heteroatoms. The molecule has 2 aliphatic rings. The van der Waals surface area contributed by atoms with Crippen LogP contribution < -0.4 is 0 Å². The number of ether oxygens (including phenoxy) is 1. The number of amides is 2. The largest absolute Gasteiger partial charge is 0.444 e. The van der Waals surface area contributed by atoms with Crippen LogP contribution in [0.1, 0.15) is 62.4 Å². The monoisotopic (exact) mass is 411 g/mol. The van der Waals surface area contributed by atoms with Gasteiger partial charge in [0.15, 0.2) is 0 Å². The van der Waals surface area contributed by atoms with Crippen LogP contribution in [0.15, 0.2) is 30.3 Å². The Morgan fingerprint density at radius 2 is 1.67 bits per heavy atom. The summed E-state index contributed by atoms with van der Waals surface area (Å²) in [6.07, 6.45) is 2.51. The lowest BCUT2D eigenvalue weighted by Gasteiger charge is -2.26. The molecular formula is C22H29N5O3. The number of nitrogens with zero attached hydrogens (tertiary/aromatic N) is 5. The summed E-state index contributed by atoms with van der Waals surface area (Å²) < 4.78 is 7.27. The van der Waals surface area contributed by atoms with Gasteiger partial charge < -0.3 is 14.5 Å². The molecule has 0 unspecified atom stereocenters. The van der Waals surface area contributed by atoms with E-state index in [0.29, 0.717) is 38.5 Å². The standard InChI is InChI=1S/C22H29N5O3/c1-22(2,3)30-21(29)26-13-7-12-25(14-15-26)20(28)18-23-19(16-10-11-16)27(24-18)17-8-5-4-6-9-17/h4-6,8-9,16H,7,10-15H2,1-3H3. The summed E-state index contributed by atoms with van der Waals surface area (Å²) in [6, 6.07) is 9.81. The number of carbonyl (C=O) groups excluding carboxylic acids is 2. The number of para-hydroxylation sites is 1. The summed E-state index contributed by atoms with van der Waals surface area (Å²) in [5, 5.41) is 4.56. The average molecular weight is 412 g/mol. The lowest BCUT2D eigenvalue weighted by Crippen LogP contribution is -2.40. The Kier molecular flexibility index (Phi) is 5.49. The molecule has 1 saturated carbocycles. The van der Waals surface area contributed by atoms with E-state index in [9.17, 15) is 9.59 Å². The summed E-state index contributed by atoms with van der Waals surface area (Å²) >= 11 is 0. The van der Waals surface area contributed by atoms with Crippen molar-refractivity contribution in [2.45, 2.75) is 51.6 Å². The van der Waals surface area contributed by atoms with Crippen LogP contribution in [0, 0.1) is 0 Å². The topological polar surface area (TPSA) is 80.6 Å². The molecule has 0 radical (unpaired) electrons. The van der Waals surface area contributed by atoms with E-state index in [1.54, 1.807) is 14.5 Å². The molecule has 30 heavy (non-hydrogen) atoms. The first-order valence-corrected chi connectivity index (χ1v) is 10.6. The third-order valence-corrected chi connectivity index (χ3v) is 5.20. The molecule has 1 saturated heterocycles. The van der Waals surface area contributed by atoms with Crippen molar-refractivity contribution in [2.75, 3.05) is 26.2 Å². The second-order valence-electron chi connectivity index (χ2n) is 8.93. The summed E-state index contributed by atoms with van der Waals surface area (Å²) in [5.41, 5.74) is 0.379. The van der Waals surface area contributed by atoms with Crippen molar-refractivity contribution in [1.82, 2.24) is 24.6 Å². The number of hydrogen-bond donors (Lipinski definition) is 0. The summed E-state index contributed by atoms with van der Waals surface area (Å²) in [6.45, 7) is 7.57. The molecule has 0 spiro atoms. The van der Waals surface area contributed by atoms with Crippen molar-refractivity contribution in [3.63, 3.8) is 0 Å². The highest BCUT2D eigenvalue weighted by Crippen LogP contribution is 2.39. The summed E-state index contributed by atoms with van der Waals surface area (Å²) in [5.74, 6) is 1.27. The number of benzene rings is 1. The van der Waals surface area contributed by atoms with Gasteiger partial charge in [0.1, 0.15) is 11.4 Å². The van der Waals surface area contributed by atoms with E-state index in [1.165, 1.54) is 0 Å². The van der Waals surface area contributed by atoms with Gasteiger partial charge in [-0.25, -0.2) is 14.5 Å². The number of rotatable bonds is 3. The number of aromatic nitrogens is 3. The highest BCUT2D eigenvalue weighted by atomic mass is 16.6. The zero-order chi connectivity index (χ0) is 21.3. The molecule has 2 fully saturated rings. The highest BCUT2D eigenvalue weighted by Gasteiger charge is 2.33. The lowest BCUT2D eigenvalue weighted by atomic mass is 10.2. The molecule has 2 amide bonds. The summed E-state index contributed by atoms with van der Waals surface area (Å²) in [4.78, 5) is 33.5. The van der Waals surface area contributed by atoms with Gasteiger partial charge in [-0.2, -0.15) is 0 Å². The van der Waals surface area contributed by atoms with Gasteiger partial charge in [-0.1, -0.05) is 18.2 Å². The highest BCUT2D eigenvalue weighted by molar-refractivity contribution is 5.90. The Bertz CT molecular complexity index is 915. The van der Waals surface area contributed by atoms with Gasteiger partial charge >= 0.3 is 6.09 Å². The molecule has 0 N–H and O–H groups in total. The molecule has 1 aliphatic carbocycles. The third-order valence-electron chi connectivity index (χ3n) is 5.20. The van der Waals surface area contributed by atoms with Crippen molar-refractivity contribution in [1.29, 1.82) is 0 Å². The number of carbonyl (C=O) groups is 2. The van der Waals surface area contributed by atoms with Crippen molar-refractivity contribution in [2.24, 2.45) is 0 Å². The second-order valence-corrected chi connectivity index (χ2v) is 8.93. The van der Waals surface area contributed by atoms with Crippen molar-refractivity contribution >= 4 is 12.0 Å². The predicted molar refractivity (Wildman–Crippen MR) is 112 cm³/mol. The molecule has 0 bridgehead atoms. The van der Waals surface area contributed by atoms with Crippen LogP contribution in [0.3, 0.4) is 0 Å².